The second-order valence-corrected chi connectivity index (χ2v) is 16.5. The van der Waals surface area contributed by atoms with Gasteiger partial charge >= 0.3 is 0 Å². The van der Waals surface area contributed by atoms with Gasteiger partial charge in [-0.2, -0.15) is 0 Å². The molecule has 0 aromatic heterocycles. The Morgan fingerprint density at radius 3 is 1.47 bits per heavy atom. The van der Waals surface area contributed by atoms with E-state index in [0.29, 0.717) is 16.7 Å². The Labute approximate surface area is 358 Å². The van der Waals surface area contributed by atoms with Gasteiger partial charge in [-0.05, 0) is 82.0 Å². The van der Waals surface area contributed by atoms with Gasteiger partial charge in [-0.3, -0.25) is 0 Å². The van der Waals surface area contributed by atoms with E-state index in [4.69, 9.17) is 6.57 Å². The zero-order valence-corrected chi connectivity index (χ0v) is 36.2. The molecule has 306 valence electrons. The maximum absolute atomic E-state index is 15.5. The van der Waals surface area contributed by atoms with Gasteiger partial charge in [-0.1, -0.05) is 157 Å². The largest absolute Gasteiger partial charge is 0.872 e. The summed E-state index contributed by atoms with van der Waals surface area (Å²) in [4.78, 5) is 6.43. The second kappa shape index (κ2) is 19.9. The predicted molar refractivity (Wildman–Crippen MR) is 250 cm³/mol. The van der Waals surface area contributed by atoms with Gasteiger partial charge in [-0.25, -0.2) is 14.7 Å². The summed E-state index contributed by atoms with van der Waals surface area (Å²) in [6.07, 6.45) is 13.8. The molecule has 0 spiro atoms. The van der Waals surface area contributed by atoms with Gasteiger partial charge in [0.15, 0.2) is 0 Å². The number of hydrogen-bond donors (Lipinski definition) is 0. The molecule has 2 aliphatic rings. The van der Waals surface area contributed by atoms with Crippen LogP contribution in [0.4, 0.5) is 5.69 Å². The summed E-state index contributed by atoms with van der Waals surface area (Å²) in [5.74, 6) is -0.113. The molecule has 7 rings (SSSR count). The molecule has 0 aliphatic heterocycles. The minimum absolute atomic E-state index is 0.0457. The molecule has 0 N–H and O–H groups in total. The van der Waals surface area contributed by atoms with Crippen molar-refractivity contribution in [3.63, 3.8) is 0 Å². The topological polar surface area (TPSA) is 57.5 Å². The van der Waals surface area contributed by atoms with Crippen molar-refractivity contribution in [2.75, 3.05) is 31.1 Å². The molecule has 5 nitrogen and oxygen atoms in total. The van der Waals surface area contributed by atoms with E-state index < -0.39 is 0 Å². The number of fused-ring (bicyclic) bond motifs is 4. The molecule has 2 aliphatic carbocycles. The smallest absolute Gasteiger partial charge is 0.270 e. The normalized spacial score (nSPS) is 14.1. The standard InChI is InChI=1S/C55H60N4O/c1-6-10-22-34-58(35-23-11-7-2)53-43-30-18-14-26-39(43)48(40-27-15-19-31-44(40)53)51-50(47(38-56)57-5)52(55(51)60)49-41-28-16-20-32-45(41)54(46-33-21-17-29-42(46)49)59(36-24-12-8-3)37-25-13-9-4/h14-21,26-33H,6-13,22-25,34-37H2,1-4H3. The number of hydrogen-bond acceptors (Lipinski definition) is 3. The van der Waals surface area contributed by atoms with Crippen LogP contribution in [-0.4, -0.2) is 36.5 Å². The maximum Gasteiger partial charge on any atom is 0.270 e. The molecule has 0 saturated carbocycles. The highest BCUT2D eigenvalue weighted by molar-refractivity contribution is 6.25. The van der Waals surface area contributed by atoms with Crippen LogP contribution in [0.15, 0.2) is 120 Å². The molecular weight excluding hydrogens is 733 g/mol. The van der Waals surface area contributed by atoms with Crippen LogP contribution in [0.3, 0.4) is 0 Å². The van der Waals surface area contributed by atoms with Gasteiger partial charge in [0.1, 0.15) is 13.1 Å². The third-order valence-corrected chi connectivity index (χ3v) is 12.5. The van der Waals surface area contributed by atoms with Gasteiger partial charge in [0, 0.05) is 42.3 Å². The van der Waals surface area contributed by atoms with Gasteiger partial charge in [0.2, 0.25) is 5.71 Å². The van der Waals surface area contributed by atoms with Gasteiger partial charge in [0.05, 0.1) is 29.5 Å². The molecule has 0 atom stereocenters. The summed E-state index contributed by atoms with van der Waals surface area (Å²) < 4.78 is 2.58. The number of nitrogens with zero attached hydrogens (tertiary/aromatic N) is 4. The van der Waals surface area contributed by atoms with Crippen molar-refractivity contribution < 1.29 is 9.68 Å². The van der Waals surface area contributed by atoms with Crippen molar-refractivity contribution in [3.8, 4) is 6.07 Å². The summed E-state index contributed by atoms with van der Waals surface area (Å²) in [6.45, 7) is 21.2. The van der Waals surface area contributed by atoms with Gasteiger partial charge in [0.25, 0.3) is 5.70 Å². The number of benzene rings is 5. The Hall–Kier alpha value is -5.91. The van der Waals surface area contributed by atoms with Crippen LogP contribution in [0.2, 0.25) is 0 Å². The van der Waals surface area contributed by atoms with Crippen molar-refractivity contribution >= 4 is 44.1 Å². The fourth-order valence-corrected chi connectivity index (χ4v) is 9.58. The summed E-state index contributed by atoms with van der Waals surface area (Å²) in [5, 5.41) is 30.3. The Morgan fingerprint density at radius 2 is 1.02 bits per heavy atom. The highest BCUT2D eigenvalue weighted by Gasteiger charge is 2.39. The fourth-order valence-electron chi connectivity index (χ4n) is 9.58. The molecule has 5 heteroatoms. The van der Waals surface area contributed by atoms with Crippen LogP contribution in [0.25, 0.3) is 37.5 Å². The molecule has 0 bridgehead atoms. The third kappa shape index (κ3) is 8.03. The van der Waals surface area contributed by atoms with E-state index in [9.17, 15) is 5.26 Å². The second-order valence-electron chi connectivity index (χ2n) is 16.5. The van der Waals surface area contributed by atoms with E-state index in [1.54, 1.807) is 0 Å². The molecule has 0 amide bonds. The number of rotatable bonds is 18. The first-order valence-electron chi connectivity index (χ1n) is 22.7. The maximum atomic E-state index is 15.5. The van der Waals surface area contributed by atoms with Crippen LogP contribution in [0.5, 0.6) is 0 Å². The Bertz CT molecular complexity index is 2440. The number of nitriles is 1. The van der Waals surface area contributed by atoms with Crippen LogP contribution in [-0.2, 0) is 0 Å². The summed E-state index contributed by atoms with van der Waals surface area (Å²) in [7, 11) is 0. The monoisotopic (exact) mass is 792 g/mol. The van der Waals surface area contributed by atoms with E-state index in [1.165, 1.54) is 37.1 Å². The van der Waals surface area contributed by atoms with E-state index in [2.05, 4.69) is 121 Å². The minimum atomic E-state index is -0.113. The highest BCUT2D eigenvalue weighted by atomic mass is 16.3. The quantitative estimate of drug-likeness (QED) is 0.0286. The Balaban J connectivity index is 1.53. The van der Waals surface area contributed by atoms with Crippen molar-refractivity contribution in [2.24, 2.45) is 0 Å². The van der Waals surface area contributed by atoms with E-state index in [-0.39, 0.29) is 11.5 Å². The summed E-state index contributed by atoms with van der Waals surface area (Å²) in [5.41, 5.74) is 9.56. The van der Waals surface area contributed by atoms with E-state index >= 15 is 5.11 Å². The lowest BCUT2D eigenvalue weighted by molar-refractivity contribution is -0.528. The van der Waals surface area contributed by atoms with Crippen molar-refractivity contribution in [3.05, 3.63) is 159 Å². The number of anilines is 1. The molecule has 0 radical (unpaired) electrons. The lowest BCUT2D eigenvalue weighted by Gasteiger charge is -2.41. The third-order valence-electron chi connectivity index (χ3n) is 12.5. The van der Waals surface area contributed by atoms with Crippen molar-refractivity contribution in [1.29, 1.82) is 5.26 Å². The SMILES string of the molecule is [C-]#[N+]/C(C#N)=C1\C(=C2c3ccccc3C(=[N+](CCCCC)CCCCC)c3ccccc32)C([O-])=C1c1c2ccccc2c(N(CCCCC)CCCCC)c2ccccc12. The van der Waals surface area contributed by atoms with Crippen molar-refractivity contribution in [1.82, 2.24) is 0 Å². The average Bonchev–Trinajstić information content (AvgIpc) is 3.28. The highest BCUT2D eigenvalue weighted by Crippen LogP contribution is 2.55. The number of unbranched alkanes of at least 4 members (excludes halogenated alkanes) is 8. The molecular formula is C55H60N4O. The fraction of sp³-hybridized carbons (Fsp3) is 0.364. The van der Waals surface area contributed by atoms with Crippen molar-refractivity contribution in [2.45, 2.75) is 105 Å². The van der Waals surface area contributed by atoms with Gasteiger partial charge < -0.3 is 10.0 Å². The van der Waals surface area contributed by atoms with E-state index in [1.807, 2.05) is 24.3 Å². The van der Waals surface area contributed by atoms with Crippen LogP contribution >= 0.6 is 0 Å². The predicted octanol–water partition coefficient (Wildman–Crippen LogP) is 13.0. The lowest BCUT2D eigenvalue weighted by atomic mass is 9.69. The molecule has 60 heavy (non-hydrogen) atoms. The first-order valence-corrected chi connectivity index (χ1v) is 22.7. The molecule has 0 heterocycles. The summed E-state index contributed by atoms with van der Waals surface area (Å²) >= 11 is 0. The zero-order valence-electron chi connectivity index (χ0n) is 36.2. The molecule has 0 fully saturated rings. The summed E-state index contributed by atoms with van der Waals surface area (Å²) in [6, 6.07) is 36.1. The van der Waals surface area contributed by atoms with E-state index in [0.717, 1.165) is 132 Å². The molecule has 0 saturated heterocycles. The molecule has 0 unspecified atom stereocenters. The average molecular weight is 793 g/mol. The zero-order chi connectivity index (χ0) is 42.0. The first kappa shape index (κ1) is 42.2. The van der Waals surface area contributed by atoms with Gasteiger partial charge in [-0.15, -0.1) is 0 Å². The molecule has 5 aromatic rings. The lowest BCUT2D eigenvalue weighted by Crippen LogP contribution is -2.31. The Morgan fingerprint density at radius 1 is 0.583 bits per heavy atom. The first-order chi connectivity index (χ1) is 29.5. The number of allylic oxidation sites excluding steroid dienone is 3. The van der Waals surface area contributed by atoms with Crippen LogP contribution in [0.1, 0.15) is 133 Å². The minimum Gasteiger partial charge on any atom is -0.872 e. The molecule has 5 aromatic carbocycles. The van der Waals surface area contributed by atoms with Crippen LogP contribution in [0, 0.1) is 17.9 Å². The van der Waals surface area contributed by atoms with Crippen LogP contribution < -0.4 is 10.0 Å². The Kier molecular flexibility index (Phi) is 14.0.